The number of anilines is 1. The number of amides is 1. The van der Waals surface area contributed by atoms with Crippen molar-refractivity contribution in [3.63, 3.8) is 0 Å². The Bertz CT molecular complexity index is 981. The summed E-state index contributed by atoms with van der Waals surface area (Å²) in [5, 5.41) is 7.23. The molecule has 0 aliphatic carbocycles. The van der Waals surface area contributed by atoms with Gasteiger partial charge in [0.15, 0.2) is 17.1 Å². The molecule has 2 heterocycles. The topological polar surface area (TPSA) is 76.0 Å². The predicted octanol–water partition coefficient (Wildman–Crippen LogP) is 3.12. The summed E-state index contributed by atoms with van der Waals surface area (Å²) in [5.74, 6) is 0.583. The maximum Gasteiger partial charge on any atom is 0.291 e. The van der Waals surface area contributed by atoms with E-state index >= 15 is 0 Å². The zero-order valence-electron chi connectivity index (χ0n) is 17.1. The van der Waals surface area contributed by atoms with E-state index in [1.807, 2.05) is 42.5 Å². The van der Waals surface area contributed by atoms with Crippen molar-refractivity contribution >= 4 is 22.6 Å². The molecule has 0 radical (unpaired) electrons. The minimum atomic E-state index is -0.286. The molecular weight excluding hydrogens is 382 g/mol. The number of carbonyl (C=O) groups excluding carboxylic acids is 1. The summed E-state index contributed by atoms with van der Waals surface area (Å²) in [6.07, 6.45) is 0. The van der Waals surface area contributed by atoms with Gasteiger partial charge in [0.05, 0.1) is 20.3 Å². The van der Waals surface area contributed by atoms with E-state index in [1.54, 1.807) is 13.2 Å². The van der Waals surface area contributed by atoms with Crippen LogP contribution >= 0.6 is 0 Å². The number of fused-ring (bicyclic) bond motifs is 1. The molecule has 0 spiro atoms. The highest BCUT2D eigenvalue weighted by molar-refractivity contribution is 6.05. The number of benzene rings is 2. The number of methoxy groups -OCH3 is 1. The summed E-state index contributed by atoms with van der Waals surface area (Å²) >= 11 is 0. The molecule has 0 bridgehead atoms. The van der Waals surface area contributed by atoms with E-state index in [2.05, 4.69) is 15.5 Å². The summed E-state index contributed by atoms with van der Waals surface area (Å²) in [7, 11) is 1.60. The third-order valence-electron chi connectivity index (χ3n) is 5.24. The van der Waals surface area contributed by atoms with Crippen molar-refractivity contribution in [1.82, 2.24) is 10.2 Å². The number of rotatable bonds is 8. The fourth-order valence-electron chi connectivity index (χ4n) is 3.58. The number of carbonyl (C=O) groups is 1. The molecular formula is C23H27N3O4. The lowest BCUT2D eigenvalue weighted by molar-refractivity contribution is 0.0384. The quantitative estimate of drug-likeness (QED) is 0.557. The normalized spacial score (nSPS) is 14.7. The van der Waals surface area contributed by atoms with Gasteiger partial charge in [-0.3, -0.25) is 9.69 Å². The van der Waals surface area contributed by atoms with Gasteiger partial charge in [-0.15, -0.1) is 0 Å². The first-order valence-electron chi connectivity index (χ1n) is 10.2. The second-order valence-electron chi connectivity index (χ2n) is 7.23. The van der Waals surface area contributed by atoms with Crippen LogP contribution in [0.2, 0.25) is 0 Å². The Morgan fingerprint density at radius 2 is 1.93 bits per heavy atom. The van der Waals surface area contributed by atoms with Gasteiger partial charge >= 0.3 is 0 Å². The number of nitrogens with one attached hydrogen (secondary N) is 2. The summed E-state index contributed by atoms with van der Waals surface area (Å²) in [6.45, 7) is 6.13. The Labute approximate surface area is 175 Å². The van der Waals surface area contributed by atoms with Crippen molar-refractivity contribution in [2.45, 2.75) is 6.54 Å². The van der Waals surface area contributed by atoms with Gasteiger partial charge in [-0.25, -0.2) is 0 Å². The number of ether oxygens (including phenoxy) is 2. The van der Waals surface area contributed by atoms with Gasteiger partial charge in [-0.1, -0.05) is 24.3 Å². The van der Waals surface area contributed by atoms with Crippen molar-refractivity contribution in [3.8, 4) is 5.75 Å². The predicted molar refractivity (Wildman–Crippen MR) is 116 cm³/mol. The van der Waals surface area contributed by atoms with Gasteiger partial charge in [0.2, 0.25) is 0 Å². The van der Waals surface area contributed by atoms with E-state index in [9.17, 15) is 4.79 Å². The summed E-state index contributed by atoms with van der Waals surface area (Å²) in [5.41, 5.74) is 2.37. The maximum absolute atomic E-state index is 12.7. The van der Waals surface area contributed by atoms with Crippen LogP contribution in [-0.2, 0) is 11.3 Å². The zero-order valence-corrected chi connectivity index (χ0v) is 17.1. The molecule has 7 heteroatoms. The first kappa shape index (κ1) is 20.4. The fourth-order valence-corrected chi connectivity index (χ4v) is 3.58. The van der Waals surface area contributed by atoms with Crippen LogP contribution in [0.3, 0.4) is 0 Å². The van der Waals surface area contributed by atoms with Crippen LogP contribution in [0.5, 0.6) is 5.75 Å². The average Bonchev–Trinajstić information content (AvgIpc) is 3.24. The highest BCUT2D eigenvalue weighted by atomic mass is 16.5. The van der Waals surface area contributed by atoms with E-state index in [4.69, 9.17) is 13.9 Å². The molecule has 3 aromatic rings. The second kappa shape index (κ2) is 9.75. The standard InChI is InChI=1S/C23H27N3O4/c1-28-20-8-7-17(16-24-9-10-26-11-13-29-14-12-26)19-15-21(30-22(19)20)23(27)25-18-5-3-2-4-6-18/h2-8,15,24H,9-14,16H2,1H3,(H,25,27). The monoisotopic (exact) mass is 409 g/mol. The van der Waals surface area contributed by atoms with E-state index < -0.39 is 0 Å². The lowest BCUT2D eigenvalue weighted by Crippen LogP contribution is -2.40. The molecule has 2 aromatic carbocycles. The molecule has 0 saturated carbocycles. The van der Waals surface area contributed by atoms with E-state index in [-0.39, 0.29) is 11.7 Å². The number of nitrogens with zero attached hydrogens (tertiary/aromatic N) is 1. The van der Waals surface area contributed by atoms with E-state index in [0.29, 0.717) is 17.9 Å². The highest BCUT2D eigenvalue weighted by Gasteiger charge is 2.18. The van der Waals surface area contributed by atoms with Crippen molar-refractivity contribution in [1.29, 1.82) is 0 Å². The van der Waals surface area contributed by atoms with Gasteiger partial charge < -0.3 is 24.5 Å². The molecule has 7 nitrogen and oxygen atoms in total. The van der Waals surface area contributed by atoms with Gasteiger partial charge in [0, 0.05) is 43.8 Å². The third kappa shape index (κ3) is 4.81. The molecule has 4 rings (SSSR count). The molecule has 1 saturated heterocycles. The minimum absolute atomic E-state index is 0.257. The average molecular weight is 409 g/mol. The van der Waals surface area contributed by atoms with Gasteiger partial charge in [0.25, 0.3) is 5.91 Å². The van der Waals surface area contributed by atoms with Crippen LogP contribution in [0.25, 0.3) is 11.0 Å². The zero-order chi connectivity index (χ0) is 20.8. The number of para-hydroxylation sites is 1. The minimum Gasteiger partial charge on any atom is -0.493 e. The SMILES string of the molecule is COc1ccc(CNCCN2CCOCC2)c2cc(C(=O)Nc3ccccc3)oc12. The van der Waals surface area contributed by atoms with Gasteiger partial charge in [-0.2, -0.15) is 0 Å². The van der Waals surface area contributed by atoms with E-state index in [1.165, 1.54) is 0 Å². The van der Waals surface area contributed by atoms with Crippen LogP contribution in [0, 0.1) is 0 Å². The van der Waals surface area contributed by atoms with Crippen molar-refractivity contribution in [3.05, 3.63) is 59.9 Å². The van der Waals surface area contributed by atoms with Crippen LogP contribution in [0.15, 0.2) is 52.9 Å². The van der Waals surface area contributed by atoms with E-state index in [0.717, 1.165) is 56.0 Å². The molecule has 0 atom stereocenters. The molecule has 1 amide bonds. The van der Waals surface area contributed by atoms with Gasteiger partial charge in [-0.05, 0) is 29.8 Å². The molecule has 0 unspecified atom stereocenters. The first-order chi connectivity index (χ1) is 14.7. The lowest BCUT2D eigenvalue weighted by Gasteiger charge is -2.26. The Morgan fingerprint density at radius 1 is 1.13 bits per heavy atom. The van der Waals surface area contributed by atoms with Crippen LogP contribution in [-0.4, -0.2) is 57.3 Å². The molecule has 30 heavy (non-hydrogen) atoms. The summed E-state index contributed by atoms with van der Waals surface area (Å²) < 4.78 is 16.7. The van der Waals surface area contributed by atoms with Crippen molar-refractivity contribution in [2.24, 2.45) is 0 Å². The molecule has 158 valence electrons. The fraction of sp³-hybridized carbons (Fsp3) is 0.348. The number of furan rings is 1. The highest BCUT2D eigenvalue weighted by Crippen LogP contribution is 2.32. The second-order valence-corrected chi connectivity index (χ2v) is 7.23. The van der Waals surface area contributed by atoms with Crippen LogP contribution < -0.4 is 15.4 Å². The first-order valence-corrected chi connectivity index (χ1v) is 10.2. The Morgan fingerprint density at radius 3 is 2.70 bits per heavy atom. The Kier molecular flexibility index (Phi) is 6.63. The molecule has 1 aliphatic rings. The molecule has 1 aliphatic heterocycles. The number of morpholine rings is 1. The lowest BCUT2D eigenvalue weighted by atomic mass is 10.1. The van der Waals surface area contributed by atoms with Crippen molar-refractivity contribution in [2.75, 3.05) is 51.8 Å². The van der Waals surface area contributed by atoms with Crippen LogP contribution in [0.1, 0.15) is 16.1 Å². The molecule has 1 aromatic heterocycles. The smallest absolute Gasteiger partial charge is 0.291 e. The Hall–Kier alpha value is -2.87. The molecule has 2 N–H and O–H groups in total. The summed E-state index contributed by atoms with van der Waals surface area (Å²) in [6, 6.07) is 15.0. The third-order valence-corrected chi connectivity index (χ3v) is 5.24. The maximum atomic E-state index is 12.7. The summed E-state index contributed by atoms with van der Waals surface area (Å²) in [4.78, 5) is 15.0. The van der Waals surface area contributed by atoms with Crippen LogP contribution in [0.4, 0.5) is 5.69 Å². The number of hydrogen-bond acceptors (Lipinski definition) is 6. The number of hydrogen-bond donors (Lipinski definition) is 2. The Balaban J connectivity index is 1.46. The van der Waals surface area contributed by atoms with Gasteiger partial charge in [0.1, 0.15) is 0 Å². The molecule has 1 fully saturated rings. The largest absolute Gasteiger partial charge is 0.493 e. The van der Waals surface area contributed by atoms with Crippen molar-refractivity contribution < 1.29 is 18.7 Å².